The van der Waals surface area contributed by atoms with Crippen LogP contribution in [-0.2, 0) is 11.3 Å². The molecule has 1 saturated carbocycles. The maximum Gasteiger partial charge on any atom is 0.260 e. The summed E-state index contributed by atoms with van der Waals surface area (Å²) in [5.41, 5.74) is 1.29. The number of fused-ring (bicyclic) bond motifs is 5. The van der Waals surface area contributed by atoms with E-state index in [9.17, 15) is 14.4 Å². The molecule has 6 rings (SSSR count). The van der Waals surface area contributed by atoms with Gasteiger partial charge < -0.3 is 18.9 Å². The Kier molecular flexibility index (Phi) is 5.23. The lowest BCUT2D eigenvalue weighted by Crippen LogP contribution is -2.50. The second kappa shape index (κ2) is 8.29. The molecule has 0 radical (unpaired) electrons. The molecule has 2 fully saturated rings. The molecule has 4 aliphatic rings. The van der Waals surface area contributed by atoms with Gasteiger partial charge >= 0.3 is 0 Å². The van der Waals surface area contributed by atoms with E-state index in [0.717, 1.165) is 37.8 Å². The van der Waals surface area contributed by atoms with E-state index in [-0.39, 0.29) is 41.3 Å². The van der Waals surface area contributed by atoms with Crippen molar-refractivity contribution in [2.24, 2.45) is 5.92 Å². The minimum Gasteiger partial charge on any atom is -0.486 e. The van der Waals surface area contributed by atoms with Gasteiger partial charge in [0.15, 0.2) is 12.4 Å². The number of Topliss-reactive ketones (excluding diaryl/α,β-unsaturated/α-hetero) is 1. The highest BCUT2D eigenvalue weighted by Gasteiger charge is 2.41. The van der Waals surface area contributed by atoms with Crippen LogP contribution in [0.3, 0.4) is 0 Å². The van der Waals surface area contributed by atoms with Crippen molar-refractivity contribution >= 4 is 11.7 Å². The van der Waals surface area contributed by atoms with Crippen LogP contribution in [0.2, 0.25) is 0 Å². The van der Waals surface area contributed by atoms with Crippen molar-refractivity contribution in [2.45, 2.75) is 63.0 Å². The van der Waals surface area contributed by atoms with Gasteiger partial charge in [0.1, 0.15) is 17.1 Å². The third-order valence-electron chi connectivity index (χ3n) is 8.02. The van der Waals surface area contributed by atoms with E-state index in [1.165, 1.54) is 6.42 Å². The predicted molar refractivity (Wildman–Crippen MR) is 125 cm³/mol. The van der Waals surface area contributed by atoms with Crippen molar-refractivity contribution < 1.29 is 19.1 Å². The molecule has 7 nitrogen and oxygen atoms in total. The summed E-state index contributed by atoms with van der Waals surface area (Å²) in [6, 6.07) is 10.7. The number of carbonyl (C=O) groups is 2. The van der Waals surface area contributed by atoms with Crippen molar-refractivity contribution in [3.63, 3.8) is 0 Å². The number of rotatable bonds is 3. The molecule has 3 aliphatic heterocycles. The fraction of sp³-hybridized carbons (Fsp3) is 0.519. The molecule has 34 heavy (non-hydrogen) atoms. The lowest BCUT2D eigenvalue weighted by molar-refractivity contribution is -0.136. The fourth-order valence-corrected chi connectivity index (χ4v) is 6.38. The number of likely N-dealkylation sites (tertiary alicyclic amines) is 1. The average molecular weight is 463 g/mol. The summed E-state index contributed by atoms with van der Waals surface area (Å²) in [4.78, 5) is 39.8. The van der Waals surface area contributed by atoms with Gasteiger partial charge in [0.2, 0.25) is 0 Å². The van der Waals surface area contributed by atoms with Gasteiger partial charge in [-0.1, -0.05) is 12.5 Å². The van der Waals surface area contributed by atoms with Crippen LogP contribution in [0.25, 0.3) is 0 Å². The average Bonchev–Trinajstić information content (AvgIpc) is 2.83. The molecule has 1 aromatic heterocycles. The number of aromatic nitrogens is 1. The number of benzene rings is 1. The number of carbonyl (C=O) groups excluding carboxylic acids is 2. The lowest BCUT2D eigenvalue weighted by Gasteiger charge is -2.42. The number of nitrogens with zero attached hydrogens (tertiary/aromatic N) is 2. The van der Waals surface area contributed by atoms with Gasteiger partial charge in [0.05, 0.1) is 12.0 Å². The molecule has 2 atom stereocenters. The smallest absolute Gasteiger partial charge is 0.260 e. The number of pyridine rings is 1. The van der Waals surface area contributed by atoms with E-state index in [0.29, 0.717) is 43.1 Å². The van der Waals surface area contributed by atoms with Gasteiger partial charge in [0, 0.05) is 43.4 Å². The van der Waals surface area contributed by atoms with Crippen molar-refractivity contribution in [3.8, 4) is 11.5 Å². The molecule has 7 heteroatoms. The van der Waals surface area contributed by atoms with Crippen molar-refractivity contribution in [1.82, 2.24) is 9.47 Å². The van der Waals surface area contributed by atoms with E-state index >= 15 is 0 Å². The van der Waals surface area contributed by atoms with Gasteiger partial charge in [0.25, 0.3) is 11.5 Å². The Morgan fingerprint density at radius 3 is 2.76 bits per heavy atom. The summed E-state index contributed by atoms with van der Waals surface area (Å²) in [7, 11) is 0. The van der Waals surface area contributed by atoms with E-state index in [1.807, 2.05) is 15.5 Å². The Labute approximate surface area is 198 Å². The largest absolute Gasteiger partial charge is 0.486 e. The zero-order chi connectivity index (χ0) is 23.3. The number of piperidine rings is 1. The highest BCUT2D eigenvalue weighted by atomic mass is 16.5. The van der Waals surface area contributed by atoms with Gasteiger partial charge in [-0.05, 0) is 56.2 Å². The lowest BCUT2D eigenvalue weighted by atomic mass is 9.78. The number of ether oxygens (including phenoxy) is 2. The van der Waals surface area contributed by atoms with Crippen LogP contribution in [0.5, 0.6) is 11.5 Å². The normalized spacial score (nSPS) is 24.7. The quantitative estimate of drug-likeness (QED) is 0.697. The monoisotopic (exact) mass is 462 g/mol. The number of hydrogen-bond donors (Lipinski definition) is 0. The first-order valence-corrected chi connectivity index (χ1v) is 12.5. The Morgan fingerprint density at radius 1 is 1.06 bits per heavy atom. The minimum absolute atomic E-state index is 0.0402. The number of amides is 1. The highest BCUT2D eigenvalue weighted by Crippen LogP contribution is 2.43. The highest BCUT2D eigenvalue weighted by molar-refractivity contribution is 6.00. The van der Waals surface area contributed by atoms with Gasteiger partial charge in [-0.3, -0.25) is 14.4 Å². The predicted octanol–water partition coefficient (Wildman–Crippen LogP) is 3.54. The van der Waals surface area contributed by atoms with Gasteiger partial charge in [-0.2, -0.15) is 0 Å². The van der Waals surface area contributed by atoms with E-state index in [2.05, 4.69) is 0 Å². The van der Waals surface area contributed by atoms with Crippen molar-refractivity contribution in [1.29, 1.82) is 0 Å². The number of hydrogen-bond acceptors (Lipinski definition) is 5. The second-order valence-corrected chi connectivity index (χ2v) is 10.4. The number of ketones is 1. The molecule has 1 aliphatic carbocycles. The maximum atomic E-state index is 13.0. The maximum absolute atomic E-state index is 13.0. The molecule has 2 bridgehead atoms. The van der Waals surface area contributed by atoms with Crippen LogP contribution in [0, 0.1) is 5.92 Å². The summed E-state index contributed by atoms with van der Waals surface area (Å²) >= 11 is 0. The molecule has 4 heterocycles. The Hall–Kier alpha value is -3.09. The zero-order valence-corrected chi connectivity index (χ0v) is 19.3. The zero-order valence-electron chi connectivity index (χ0n) is 19.3. The third kappa shape index (κ3) is 3.81. The molecule has 1 saturated heterocycles. The summed E-state index contributed by atoms with van der Waals surface area (Å²) in [5, 5.41) is 0. The first-order valence-electron chi connectivity index (χ1n) is 12.5. The van der Waals surface area contributed by atoms with E-state index in [4.69, 9.17) is 9.47 Å². The van der Waals surface area contributed by atoms with E-state index < -0.39 is 0 Å². The van der Waals surface area contributed by atoms with Crippen LogP contribution >= 0.6 is 0 Å². The second-order valence-electron chi connectivity index (χ2n) is 10.4. The standard InChI is InChI=1S/C27H30N2O5/c30-23-13-27(9-2-1-3-10-27)34-24-12-20(7-8-21(23)24)33-17-26(32)28-14-18-11-19(16-28)22-5-4-6-25(31)29(22)15-18/h4-8,12,18-19H,1-3,9-11,13-17H2/t18-,19+/m1/s1. The van der Waals surface area contributed by atoms with Crippen molar-refractivity contribution in [3.05, 3.63) is 58.0 Å². The molecular weight excluding hydrogens is 432 g/mol. The Bertz CT molecular complexity index is 1200. The first-order chi connectivity index (χ1) is 16.5. The summed E-state index contributed by atoms with van der Waals surface area (Å²) in [6.45, 7) is 1.85. The van der Waals surface area contributed by atoms with Crippen LogP contribution in [-0.4, -0.2) is 46.5 Å². The topological polar surface area (TPSA) is 77.8 Å². The Balaban J connectivity index is 1.13. The SMILES string of the molecule is O=C1CC2(CCCCC2)Oc2cc(OCC(=O)N3C[C@H]4C[C@@H](C3)c3cccc(=O)n3C4)ccc21. The van der Waals surface area contributed by atoms with Gasteiger partial charge in [-0.15, -0.1) is 0 Å². The van der Waals surface area contributed by atoms with Crippen molar-refractivity contribution in [2.75, 3.05) is 19.7 Å². The molecule has 1 amide bonds. The molecule has 1 aromatic carbocycles. The first kappa shape index (κ1) is 21.4. The summed E-state index contributed by atoms with van der Waals surface area (Å²) in [6.07, 6.45) is 6.65. The molecule has 0 unspecified atom stereocenters. The molecule has 2 aromatic rings. The van der Waals surface area contributed by atoms with Crippen LogP contribution in [0.15, 0.2) is 41.2 Å². The Morgan fingerprint density at radius 2 is 1.91 bits per heavy atom. The van der Waals surface area contributed by atoms with Gasteiger partial charge in [-0.25, -0.2) is 0 Å². The van der Waals surface area contributed by atoms with Crippen LogP contribution < -0.4 is 15.0 Å². The van der Waals surface area contributed by atoms with E-state index in [1.54, 1.807) is 30.3 Å². The summed E-state index contributed by atoms with van der Waals surface area (Å²) in [5.74, 6) is 1.66. The van der Waals surface area contributed by atoms with Crippen LogP contribution in [0.4, 0.5) is 0 Å². The third-order valence-corrected chi connectivity index (χ3v) is 8.02. The minimum atomic E-state index is -0.374. The molecular formula is C27H30N2O5. The fourth-order valence-electron chi connectivity index (χ4n) is 6.38. The molecule has 0 N–H and O–H groups in total. The summed E-state index contributed by atoms with van der Waals surface area (Å²) < 4.78 is 14.1. The molecule has 1 spiro atoms. The van der Waals surface area contributed by atoms with Crippen LogP contribution in [0.1, 0.15) is 66.9 Å². The molecule has 178 valence electrons.